The number of fused-ring (bicyclic) bond motifs is 5. The minimum absolute atomic E-state index is 0.0139. The van der Waals surface area contributed by atoms with Gasteiger partial charge in [0.1, 0.15) is 0 Å². The van der Waals surface area contributed by atoms with Crippen molar-refractivity contribution >= 4 is 11.6 Å². The number of allylic oxidation sites excluding steroid dienone is 3. The van der Waals surface area contributed by atoms with Gasteiger partial charge in [-0.3, -0.25) is 9.59 Å². The van der Waals surface area contributed by atoms with Gasteiger partial charge in [0, 0.05) is 11.8 Å². The van der Waals surface area contributed by atoms with Crippen LogP contribution in [0.5, 0.6) is 0 Å². The molecule has 2 fully saturated rings. The Balaban J connectivity index is 1.71. The molecule has 0 bridgehead atoms. The van der Waals surface area contributed by atoms with Crippen LogP contribution < -0.4 is 0 Å². The minimum Gasteiger partial charge on any atom is -0.392 e. The first kappa shape index (κ1) is 16.3. The van der Waals surface area contributed by atoms with Gasteiger partial charge in [-0.15, -0.1) is 0 Å². The summed E-state index contributed by atoms with van der Waals surface area (Å²) in [5, 5.41) is 10.8. The molecular formula is C21H28O3. The average molecular weight is 328 g/mol. The van der Waals surface area contributed by atoms with Gasteiger partial charge < -0.3 is 5.11 Å². The van der Waals surface area contributed by atoms with E-state index in [4.69, 9.17) is 0 Å². The number of aliphatic hydroxyl groups excluding tert-OH is 1. The summed E-state index contributed by atoms with van der Waals surface area (Å²) < 4.78 is 0. The molecule has 0 aromatic rings. The summed E-state index contributed by atoms with van der Waals surface area (Å²) in [6.07, 6.45) is 8.79. The first-order valence-electron chi connectivity index (χ1n) is 9.42. The molecule has 4 aliphatic rings. The van der Waals surface area contributed by atoms with Crippen molar-refractivity contribution in [1.82, 2.24) is 0 Å². The van der Waals surface area contributed by atoms with E-state index in [2.05, 4.69) is 19.9 Å². The Morgan fingerprint density at radius 2 is 2.00 bits per heavy atom. The van der Waals surface area contributed by atoms with Crippen molar-refractivity contribution < 1.29 is 14.7 Å². The van der Waals surface area contributed by atoms with Crippen molar-refractivity contribution in [3.8, 4) is 0 Å². The predicted molar refractivity (Wildman–Crippen MR) is 92.2 cm³/mol. The quantitative estimate of drug-likeness (QED) is 0.800. The topological polar surface area (TPSA) is 54.4 Å². The van der Waals surface area contributed by atoms with Gasteiger partial charge >= 0.3 is 0 Å². The van der Waals surface area contributed by atoms with Crippen molar-refractivity contribution in [3.05, 3.63) is 23.3 Å². The maximum absolute atomic E-state index is 12.1. The Hall–Kier alpha value is -1.22. The molecule has 4 aliphatic carbocycles. The largest absolute Gasteiger partial charge is 0.392 e. The summed E-state index contributed by atoms with van der Waals surface area (Å²) in [5.41, 5.74) is 1.97. The zero-order valence-corrected chi connectivity index (χ0v) is 15.0. The molecule has 0 amide bonds. The highest BCUT2D eigenvalue weighted by Gasteiger charge is 2.59. The lowest BCUT2D eigenvalue weighted by atomic mass is 9.46. The third-order valence-electron chi connectivity index (χ3n) is 8.03. The van der Waals surface area contributed by atoms with E-state index in [1.165, 1.54) is 5.57 Å². The first-order chi connectivity index (χ1) is 11.3. The SMILES string of the molecule is CC(=O)C1=CC[C@H]2[C@@H]3CCC4=CC(=O)CC(O)[C@]4(C)[C@H]3CC[C@]12C. The van der Waals surface area contributed by atoms with Crippen LogP contribution in [-0.4, -0.2) is 22.8 Å². The monoisotopic (exact) mass is 328 g/mol. The number of hydrogen-bond donors (Lipinski definition) is 1. The lowest BCUT2D eigenvalue weighted by molar-refractivity contribution is -0.127. The Morgan fingerprint density at radius 1 is 1.25 bits per heavy atom. The van der Waals surface area contributed by atoms with Crippen molar-refractivity contribution in [1.29, 1.82) is 0 Å². The molecule has 0 saturated heterocycles. The molecule has 1 N–H and O–H groups in total. The average Bonchev–Trinajstić information content (AvgIpc) is 2.86. The molecule has 2 saturated carbocycles. The van der Waals surface area contributed by atoms with Crippen molar-refractivity contribution in [2.24, 2.45) is 28.6 Å². The molecule has 0 radical (unpaired) electrons. The molecule has 0 aromatic carbocycles. The fourth-order valence-electron chi connectivity index (χ4n) is 6.72. The lowest BCUT2D eigenvalue weighted by Crippen LogP contribution is -2.55. The van der Waals surface area contributed by atoms with Gasteiger partial charge in [0.05, 0.1) is 6.10 Å². The van der Waals surface area contributed by atoms with Gasteiger partial charge in [-0.2, -0.15) is 0 Å². The Bertz CT molecular complexity index is 673. The van der Waals surface area contributed by atoms with E-state index in [-0.39, 0.29) is 28.8 Å². The van der Waals surface area contributed by atoms with Gasteiger partial charge in [0.2, 0.25) is 0 Å². The molecule has 6 atom stereocenters. The normalized spacial score (nSPS) is 47.2. The van der Waals surface area contributed by atoms with Gasteiger partial charge in [0.15, 0.2) is 11.6 Å². The van der Waals surface area contributed by atoms with E-state index in [1.807, 2.05) is 6.08 Å². The molecule has 3 heteroatoms. The highest BCUT2D eigenvalue weighted by Crippen LogP contribution is 2.65. The first-order valence-corrected chi connectivity index (χ1v) is 9.42. The fraction of sp³-hybridized carbons (Fsp3) is 0.714. The Morgan fingerprint density at radius 3 is 2.71 bits per heavy atom. The van der Waals surface area contributed by atoms with Crippen LogP contribution in [-0.2, 0) is 9.59 Å². The standard InChI is InChI=1S/C21H28O3/c1-12(22)16-6-7-17-15-5-4-13-10-14(23)11-19(24)21(13,3)18(15)8-9-20(16,17)2/h6,10,15,17-19,24H,4-5,7-9,11H2,1-3H3/t15-,17-,18-,19?,20+,21-/m0/s1. The maximum atomic E-state index is 12.1. The molecule has 1 unspecified atom stereocenters. The smallest absolute Gasteiger partial charge is 0.158 e. The number of ketones is 2. The molecule has 0 aliphatic heterocycles. The molecule has 24 heavy (non-hydrogen) atoms. The molecule has 3 nitrogen and oxygen atoms in total. The Labute approximate surface area is 144 Å². The second-order valence-corrected chi connectivity index (χ2v) is 8.92. The van der Waals surface area contributed by atoms with E-state index in [0.29, 0.717) is 17.8 Å². The van der Waals surface area contributed by atoms with Crippen LogP contribution in [0.3, 0.4) is 0 Å². The number of hydrogen-bond acceptors (Lipinski definition) is 3. The predicted octanol–water partition coefficient (Wildman–Crippen LogP) is 3.61. The second kappa shape index (κ2) is 5.14. The van der Waals surface area contributed by atoms with Gasteiger partial charge in [-0.05, 0) is 73.8 Å². The highest BCUT2D eigenvalue weighted by atomic mass is 16.3. The lowest BCUT2D eigenvalue weighted by Gasteiger charge is -2.58. The zero-order valence-electron chi connectivity index (χ0n) is 15.0. The summed E-state index contributed by atoms with van der Waals surface area (Å²) in [6.45, 7) is 6.16. The van der Waals surface area contributed by atoms with E-state index in [0.717, 1.165) is 37.7 Å². The van der Waals surface area contributed by atoms with Crippen LogP contribution in [0.25, 0.3) is 0 Å². The summed E-state index contributed by atoms with van der Waals surface area (Å²) in [4.78, 5) is 24.0. The number of rotatable bonds is 1. The zero-order chi connectivity index (χ0) is 17.3. The molecule has 0 spiro atoms. The van der Waals surface area contributed by atoms with E-state index in [9.17, 15) is 14.7 Å². The molecule has 0 heterocycles. The van der Waals surface area contributed by atoms with E-state index >= 15 is 0 Å². The molecule has 4 rings (SSSR count). The van der Waals surface area contributed by atoms with Crippen LogP contribution in [0.4, 0.5) is 0 Å². The Kier molecular flexibility index (Phi) is 3.48. The summed E-state index contributed by atoms with van der Waals surface area (Å²) >= 11 is 0. The summed E-state index contributed by atoms with van der Waals surface area (Å²) in [5.74, 6) is 1.79. The second-order valence-electron chi connectivity index (χ2n) is 8.92. The van der Waals surface area contributed by atoms with Crippen LogP contribution in [0, 0.1) is 28.6 Å². The third kappa shape index (κ3) is 1.94. The fourth-order valence-corrected chi connectivity index (χ4v) is 6.72. The summed E-state index contributed by atoms with van der Waals surface area (Å²) in [7, 11) is 0. The number of carbonyl (C=O) groups excluding carboxylic acids is 2. The molecule has 0 aromatic heterocycles. The maximum Gasteiger partial charge on any atom is 0.158 e. The van der Waals surface area contributed by atoms with Crippen LogP contribution in [0.2, 0.25) is 0 Å². The van der Waals surface area contributed by atoms with Gasteiger partial charge in [-0.25, -0.2) is 0 Å². The van der Waals surface area contributed by atoms with Gasteiger partial charge in [-0.1, -0.05) is 25.5 Å². The minimum atomic E-state index is -0.552. The van der Waals surface area contributed by atoms with Gasteiger partial charge in [0.25, 0.3) is 0 Å². The highest BCUT2D eigenvalue weighted by molar-refractivity contribution is 5.95. The van der Waals surface area contributed by atoms with Crippen LogP contribution >= 0.6 is 0 Å². The molecular weight excluding hydrogens is 300 g/mol. The van der Waals surface area contributed by atoms with Crippen molar-refractivity contribution in [2.75, 3.05) is 0 Å². The van der Waals surface area contributed by atoms with E-state index in [1.54, 1.807) is 6.92 Å². The number of aliphatic hydroxyl groups is 1. The van der Waals surface area contributed by atoms with Crippen LogP contribution in [0.15, 0.2) is 23.3 Å². The third-order valence-corrected chi connectivity index (χ3v) is 8.03. The molecule has 130 valence electrons. The summed E-state index contributed by atoms with van der Waals surface area (Å²) in [6, 6.07) is 0. The number of carbonyl (C=O) groups is 2. The number of Topliss-reactive ketones (excluding diaryl/α,β-unsaturated/α-hetero) is 1. The van der Waals surface area contributed by atoms with Crippen molar-refractivity contribution in [2.45, 2.75) is 65.4 Å². The van der Waals surface area contributed by atoms with Crippen LogP contribution in [0.1, 0.15) is 59.3 Å². The van der Waals surface area contributed by atoms with E-state index < -0.39 is 6.10 Å². The van der Waals surface area contributed by atoms with Crippen molar-refractivity contribution in [3.63, 3.8) is 0 Å².